The molecule has 7 nitrogen and oxygen atoms in total. The van der Waals surface area contributed by atoms with E-state index in [0.717, 1.165) is 0 Å². The smallest absolute Gasteiger partial charge is 0.293 e. The van der Waals surface area contributed by atoms with Crippen molar-refractivity contribution >= 4 is 23.1 Å². The number of hydrogen-bond acceptors (Lipinski definition) is 5. The molecule has 1 aliphatic rings. The summed E-state index contributed by atoms with van der Waals surface area (Å²) in [5.74, 6) is -0.909. The minimum atomic E-state index is -0.515. The largest absolute Gasteiger partial charge is 0.369 e. The maximum atomic E-state index is 11.3. The van der Waals surface area contributed by atoms with Crippen LogP contribution in [0.25, 0.3) is 0 Å². The van der Waals surface area contributed by atoms with E-state index in [1.807, 2.05) is 0 Å². The van der Waals surface area contributed by atoms with Crippen molar-refractivity contribution in [3.63, 3.8) is 0 Å². The molecule has 0 aliphatic carbocycles. The highest BCUT2D eigenvalue weighted by Crippen LogP contribution is 2.33. The van der Waals surface area contributed by atoms with Gasteiger partial charge in [0.1, 0.15) is 5.69 Å². The Kier molecular flexibility index (Phi) is 3.69. The van der Waals surface area contributed by atoms with E-state index in [4.69, 9.17) is 5.73 Å². The molecular weight excluding hydrogens is 262 g/mol. The van der Waals surface area contributed by atoms with Gasteiger partial charge >= 0.3 is 0 Å². The molecule has 1 aliphatic heterocycles. The number of carbonyl (C=O) groups excluding carboxylic acids is 2. The van der Waals surface area contributed by atoms with Crippen LogP contribution < -0.4 is 10.6 Å². The van der Waals surface area contributed by atoms with E-state index in [1.54, 1.807) is 17.0 Å². The Labute approximate surface area is 115 Å². The molecule has 0 bridgehead atoms. The van der Waals surface area contributed by atoms with Crippen molar-refractivity contribution in [1.29, 1.82) is 0 Å². The highest BCUT2D eigenvalue weighted by atomic mass is 16.6. The topological polar surface area (TPSA) is 107 Å². The summed E-state index contributed by atoms with van der Waals surface area (Å²) in [4.78, 5) is 34.8. The van der Waals surface area contributed by atoms with Crippen molar-refractivity contribution < 1.29 is 14.5 Å². The lowest BCUT2D eigenvalue weighted by Crippen LogP contribution is -2.27. The molecular formula is C13H15N3O4. The number of nitrogens with zero attached hydrogens (tertiary/aromatic N) is 2. The summed E-state index contributed by atoms with van der Waals surface area (Å²) < 4.78 is 0. The number of nitrogens with two attached hydrogens (primary N) is 1. The molecule has 106 valence electrons. The fourth-order valence-electron chi connectivity index (χ4n) is 2.37. The van der Waals surface area contributed by atoms with Gasteiger partial charge in [-0.15, -0.1) is 0 Å². The zero-order chi connectivity index (χ0) is 14.9. The van der Waals surface area contributed by atoms with Crippen LogP contribution in [0.1, 0.15) is 23.7 Å². The molecule has 1 unspecified atom stereocenters. The Balaban J connectivity index is 2.35. The Morgan fingerprint density at radius 3 is 2.65 bits per heavy atom. The summed E-state index contributed by atoms with van der Waals surface area (Å²) in [6.07, 6.45) is 0.584. The summed E-state index contributed by atoms with van der Waals surface area (Å²) in [6.45, 7) is 2.27. The zero-order valence-corrected chi connectivity index (χ0v) is 11.0. The minimum Gasteiger partial charge on any atom is -0.369 e. The number of Topliss-reactive ketones (excluding diaryl/α,β-unsaturated/α-hetero) is 1. The van der Waals surface area contributed by atoms with Crippen LogP contribution in [0.2, 0.25) is 0 Å². The first-order valence-corrected chi connectivity index (χ1v) is 6.23. The predicted octanol–water partition coefficient (Wildman–Crippen LogP) is 1.11. The van der Waals surface area contributed by atoms with Gasteiger partial charge in [0.25, 0.3) is 5.69 Å². The van der Waals surface area contributed by atoms with Crippen molar-refractivity contribution in [1.82, 2.24) is 0 Å². The van der Waals surface area contributed by atoms with Crippen LogP contribution in [0.4, 0.5) is 11.4 Å². The molecule has 0 spiro atoms. The summed E-state index contributed by atoms with van der Waals surface area (Å²) in [7, 11) is 0. The van der Waals surface area contributed by atoms with E-state index in [1.165, 1.54) is 13.0 Å². The van der Waals surface area contributed by atoms with Crippen LogP contribution in [0.15, 0.2) is 18.2 Å². The van der Waals surface area contributed by atoms with Gasteiger partial charge in [0.2, 0.25) is 5.91 Å². The SMILES string of the molecule is CC(=O)c1ccc(N2CCC(C(N)=O)C2)c([N+](=O)[O-])c1. The Morgan fingerprint density at radius 1 is 1.45 bits per heavy atom. The average molecular weight is 277 g/mol. The molecule has 0 aromatic heterocycles. The normalized spacial score (nSPS) is 18.1. The van der Waals surface area contributed by atoms with Crippen LogP contribution in [-0.4, -0.2) is 29.7 Å². The number of rotatable bonds is 4. The van der Waals surface area contributed by atoms with Gasteiger partial charge in [-0.3, -0.25) is 19.7 Å². The number of ketones is 1. The minimum absolute atomic E-state index is 0.122. The van der Waals surface area contributed by atoms with Gasteiger partial charge in [-0.2, -0.15) is 0 Å². The molecule has 0 radical (unpaired) electrons. The van der Waals surface area contributed by atoms with Crippen molar-refractivity contribution in [3.8, 4) is 0 Å². The quantitative estimate of drug-likeness (QED) is 0.504. The van der Waals surface area contributed by atoms with E-state index < -0.39 is 10.8 Å². The molecule has 1 atom stereocenters. The predicted molar refractivity (Wildman–Crippen MR) is 72.6 cm³/mol. The summed E-state index contributed by atoms with van der Waals surface area (Å²) in [5.41, 5.74) is 5.85. The highest BCUT2D eigenvalue weighted by molar-refractivity contribution is 5.95. The van der Waals surface area contributed by atoms with E-state index in [-0.39, 0.29) is 17.4 Å². The number of anilines is 1. The fourth-order valence-corrected chi connectivity index (χ4v) is 2.37. The average Bonchev–Trinajstić information content (AvgIpc) is 2.87. The van der Waals surface area contributed by atoms with Gasteiger partial charge in [0.05, 0.1) is 10.8 Å². The third-order valence-corrected chi connectivity index (χ3v) is 3.51. The fraction of sp³-hybridized carbons (Fsp3) is 0.385. The molecule has 2 rings (SSSR count). The highest BCUT2D eigenvalue weighted by Gasteiger charge is 2.30. The van der Waals surface area contributed by atoms with Crippen molar-refractivity contribution in [2.45, 2.75) is 13.3 Å². The number of primary amides is 1. The van der Waals surface area contributed by atoms with E-state index in [9.17, 15) is 19.7 Å². The number of benzene rings is 1. The van der Waals surface area contributed by atoms with Crippen LogP contribution in [-0.2, 0) is 4.79 Å². The Morgan fingerprint density at radius 2 is 2.15 bits per heavy atom. The maximum absolute atomic E-state index is 11.3. The van der Waals surface area contributed by atoms with Gasteiger partial charge in [0.15, 0.2) is 5.78 Å². The van der Waals surface area contributed by atoms with Crippen molar-refractivity contribution in [3.05, 3.63) is 33.9 Å². The second-order valence-corrected chi connectivity index (χ2v) is 4.85. The molecule has 0 saturated carbocycles. The Hall–Kier alpha value is -2.44. The first-order valence-electron chi connectivity index (χ1n) is 6.23. The lowest BCUT2D eigenvalue weighted by Gasteiger charge is -2.18. The molecule has 7 heteroatoms. The molecule has 1 heterocycles. The van der Waals surface area contributed by atoms with Gasteiger partial charge < -0.3 is 10.6 Å². The lowest BCUT2D eigenvalue weighted by molar-refractivity contribution is -0.384. The molecule has 1 fully saturated rings. The summed E-state index contributed by atoms with van der Waals surface area (Å²) in [5, 5.41) is 11.1. The van der Waals surface area contributed by atoms with Gasteiger partial charge in [-0.05, 0) is 25.5 Å². The van der Waals surface area contributed by atoms with Crippen molar-refractivity contribution in [2.24, 2.45) is 11.7 Å². The third-order valence-electron chi connectivity index (χ3n) is 3.51. The van der Waals surface area contributed by atoms with Crippen LogP contribution >= 0.6 is 0 Å². The maximum Gasteiger partial charge on any atom is 0.293 e. The number of nitro groups is 1. The summed E-state index contributed by atoms with van der Waals surface area (Å²) >= 11 is 0. The van der Waals surface area contributed by atoms with E-state index in [0.29, 0.717) is 30.8 Å². The molecule has 1 amide bonds. The monoisotopic (exact) mass is 277 g/mol. The van der Waals surface area contributed by atoms with Gasteiger partial charge in [-0.25, -0.2) is 0 Å². The zero-order valence-electron chi connectivity index (χ0n) is 11.0. The van der Waals surface area contributed by atoms with E-state index in [2.05, 4.69) is 0 Å². The van der Waals surface area contributed by atoms with Gasteiger partial charge in [0, 0.05) is 24.7 Å². The molecule has 1 aromatic carbocycles. The third kappa shape index (κ3) is 2.61. The van der Waals surface area contributed by atoms with Crippen LogP contribution in [0.3, 0.4) is 0 Å². The summed E-state index contributed by atoms with van der Waals surface area (Å²) in [6, 6.07) is 4.38. The first kappa shape index (κ1) is 14.0. The molecule has 1 saturated heterocycles. The number of nitro benzene ring substituents is 1. The number of amides is 1. The van der Waals surface area contributed by atoms with Crippen molar-refractivity contribution in [2.75, 3.05) is 18.0 Å². The second-order valence-electron chi connectivity index (χ2n) is 4.85. The number of carbonyl (C=O) groups is 2. The van der Waals surface area contributed by atoms with Crippen LogP contribution in [0, 0.1) is 16.0 Å². The van der Waals surface area contributed by atoms with E-state index >= 15 is 0 Å². The molecule has 2 N–H and O–H groups in total. The molecule has 20 heavy (non-hydrogen) atoms. The lowest BCUT2D eigenvalue weighted by atomic mass is 10.1. The second kappa shape index (κ2) is 5.28. The molecule has 1 aromatic rings. The van der Waals surface area contributed by atoms with Gasteiger partial charge in [-0.1, -0.05) is 0 Å². The van der Waals surface area contributed by atoms with Crippen LogP contribution in [0.5, 0.6) is 0 Å². The standard InChI is InChI=1S/C13H15N3O4/c1-8(17)9-2-3-11(12(6-9)16(19)20)15-5-4-10(7-15)13(14)18/h2-3,6,10H,4-5,7H2,1H3,(H2,14,18). The Bertz CT molecular complexity index is 585. The number of hydrogen-bond donors (Lipinski definition) is 1. The first-order chi connectivity index (χ1) is 9.40.